The fraction of sp³-hybridized carbons (Fsp3) is 0. The Kier molecular flexibility index (Phi) is 4.32. The van der Waals surface area contributed by atoms with Crippen molar-refractivity contribution >= 4 is 21.7 Å². The zero-order chi connectivity index (χ0) is 8.48. The van der Waals surface area contributed by atoms with E-state index in [1.54, 1.807) is 6.07 Å². The molecular formula is C6H4ClLiO3S. The van der Waals surface area contributed by atoms with Crippen molar-refractivity contribution < 1.29 is 31.8 Å². The molecule has 1 rings (SSSR count). The maximum Gasteiger partial charge on any atom is 1.00 e. The summed E-state index contributed by atoms with van der Waals surface area (Å²) in [6.45, 7) is 0. The van der Waals surface area contributed by atoms with E-state index in [9.17, 15) is 13.0 Å². The molecule has 0 aliphatic carbocycles. The molecule has 0 saturated heterocycles. The van der Waals surface area contributed by atoms with Crippen LogP contribution in [0.15, 0.2) is 29.2 Å². The molecule has 6 heteroatoms. The maximum absolute atomic E-state index is 10.4. The van der Waals surface area contributed by atoms with Gasteiger partial charge in [-0.2, -0.15) is 0 Å². The van der Waals surface area contributed by atoms with Crippen LogP contribution in [0.4, 0.5) is 0 Å². The molecule has 12 heavy (non-hydrogen) atoms. The van der Waals surface area contributed by atoms with Crippen LogP contribution in [-0.4, -0.2) is 13.0 Å². The molecule has 1 aromatic rings. The van der Waals surface area contributed by atoms with Crippen molar-refractivity contribution in [2.45, 2.75) is 4.90 Å². The molecule has 0 saturated carbocycles. The molecule has 0 radical (unpaired) electrons. The molecule has 3 nitrogen and oxygen atoms in total. The van der Waals surface area contributed by atoms with Crippen LogP contribution in [0.3, 0.4) is 0 Å². The van der Waals surface area contributed by atoms with Crippen LogP contribution in [-0.2, 0) is 10.1 Å². The molecular weight excluding hydrogens is 195 g/mol. The first-order valence-corrected chi connectivity index (χ1v) is 4.51. The molecule has 0 aliphatic heterocycles. The molecule has 0 unspecified atom stereocenters. The van der Waals surface area contributed by atoms with E-state index in [-0.39, 0.29) is 28.8 Å². The van der Waals surface area contributed by atoms with Crippen LogP contribution < -0.4 is 18.9 Å². The summed E-state index contributed by atoms with van der Waals surface area (Å²) in [5.41, 5.74) is 0. The molecule has 60 valence electrons. The van der Waals surface area contributed by atoms with E-state index in [1.165, 1.54) is 18.2 Å². The first kappa shape index (κ1) is 12.0. The summed E-state index contributed by atoms with van der Waals surface area (Å²) in [4.78, 5) is -0.373. The van der Waals surface area contributed by atoms with Crippen LogP contribution in [0.1, 0.15) is 0 Å². The van der Waals surface area contributed by atoms with Crippen LogP contribution in [0.5, 0.6) is 0 Å². The van der Waals surface area contributed by atoms with Gasteiger partial charge < -0.3 is 4.55 Å². The topological polar surface area (TPSA) is 57.2 Å². The summed E-state index contributed by atoms with van der Waals surface area (Å²) in [7, 11) is -4.42. The quantitative estimate of drug-likeness (QED) is 0.397. The first-order valence-electron chi connectivity index (χ1n) is 2.72. The molecule has 0 spiro atoms. The summed E-state index contributed by atoms with van der Waals surface area (Å²) in [6.07, 6.45) is 0. The average molecular weight is 199 g/mol. The van der Waals surface area contributed by atoms with E-state index < -0.39 is 10.1 Å². The van der Waals surface area contributed by atoms with E-state index >= 15 is 0 Å². The predicted molar refractivity (Wildman–Crippen MR) is 39.4 cm³/mol. The third kappa shape index (κ3) is 2.81. The zero-order valence-corrected chi connectivity index (χ0v) is 7.89. The molecule has 0 bridgehead atoms. The van der Waals surface area contributed by atoms with Crippen molar-refractivity contribution in [2.75, 3.05) is 0 Å². The van der Waals surface area contributed by atoms with E-state index in [4.69, 9.17) is 11.6 Å². The van der Waals surface area contributed by atoms with Gasteiger partial charge in [0.15, 0.2) is 0 Å². The smallest absolute Gasteiger partial charge is 0.744 e. The fourth-order valence-corrected chi connectivity index (χ4v) is 1.62. The van der Waals surface area contributed by atoms with E-state index in [1.807, 2.05) is 0 Å². The van der Waals surface area contributed by atoms with Crippen molar-refractivity contribution in [3.63, 3.8) is 0 Å². The van der Waals surface area contributed by atoms with Gasteiger partial charge in [0.25, 0.3) is 0 Å². The maximum atomic E-state index is 10.4. The van der Waals surface area contributed by atoms with Gasteiger partial charge in [0, 0.05) is 0 Å². The van der Waals surface area contributed by atoms with Gasteiger partial charge >= 0.3 is 18.9 Å². The summed E-state index contributed by atoms with van der Waals surface area (Å²) in [5, 5.41) is -0.0394. The van der Waals surface area contributed by atoms with Crippen LogP contribution in [0.25, 0.3) is 0 Å². The van der Waals surface area contributed by atoms with Crippen molar-refractivity contribution in [3.8, 4) is 0 Å². The minimum Gasteiger partial charge on any atom is -0.744 e. The second-order valence-electron chi connectivity index (χ2n) is 1.88. The monoisotopic (exact) mass is 198 g/mol. The minimum absolute atomic E-state index is 0. The number of hydrogen-bond donors (Lipinski definition) is 0. The number of rotatable bonds is 1. The molecule has 0 heterocycles. The molecule has 0 amide bonds. The summed E-state index contributed by atoms with van der Waals surface area (Å²) < 4.78 is 31.2. The van der Waals surface area contributed by atoms with Crippen LogP contribution in [0, 0.1) is 0 Å². The van der Waals surface area contributed by atoms with Gasteiger partial charge in [0.2, 0.25) is 0 Å². The fourth-order valence-electron chi connectivity index (χ4n) is 0.647. The predicted octanol–water partition coefficient (Wildman–Crippen LogP) is -1.75. The standard InChI is InChI=1S/C6H5ClO3S.Li/c7-5-3-1-2-4-6(5)11(8,9)10;/h1-4H,(H,8,9,10);/q;+1/p-1. The Hall–Kier alpha value is 0.0174. The van der Waals surface area contributed by atoms with Gasteiger partial charge in [-0.1, -0.05) is 23.7 Å². The Balaban J connectivity index is 0.00000121. The van der Waals surface area contributed by atoms with Crippen molar-refractivity contribution in [1.29, 1.82) is 0 Å². The van der Waals surface area contributed by atoms with Crippen LogP contribution in [0.2, 0.25) is 5.02 Å². The van der Waals surface area contributed by atoms with E-state index in [0.717, 1.165) is 0 Å². The molecule has 0 aliphatic rings. The number of hydrogen-bond acceptors (Lipinski definition) is 3. The Morgan fingerprint density at radius 1 is 1.25 bits per heavy atom. The van der Waals surface area contributed by atoms with Crippen LogP contribution >= 0.6 is 11.6 Å². The number of benzene rings is 1. The Morgan fingerprint density at radius 2 is 1.75 bits per heavy atom. The Morgan fingerprint density at radius 3 is 2.08 bits per heavy atom. The van der Waals surface area contributed by atoms with Crippen molar-refractivity contribution in [1.82, 2.24) is 0 Å². The van der Waals surface area contributed by atoms with Gasteiger partial charge in [-0.05, 0) is 12.1 Å². The van der Waals surface area contributed by atoms with Crippen molar-refractivity contribution in [2.24, 2.45) is 0 Å². The third-order valence-corrected chi connectivity index (χ3v) is 2.44. The number of halogens is 1. The SMILES string of the molecule is O=S(=O)([O-])c1ccccc1Cl.[Li+]. The first-order chi connectivity index (χ1) is 5.02. The average Bonchev–Trinajstić information content (AvgIpc) is 1.86. The molecule has 0 fully saturated rings. The minimum atomic E-state index is -4.42. The van der Waals surface area contributed by atoms with Gasteiger partial charge in [0.05, 0.1) is 9.92 Å². The Labute approximate surface area is 87.7 Å². The van der Waals surface area contributed by atoms with Crippen molar-refractivity contribution in [3.05, 3.63) is 29.3 Å². The molecule has 0 N–H and O–H groups in total. The normalized spacial score (nSPS) is 10.5. The van der Waals surface area contributed by atoms with E-state index in [0.29, 0.717) is 0 Å². The summed E-state index contributed by atoms with van der Waals surface area (Å²) >= 11 is 5.43. The largest absolute Gasteiger partial charge is 1.00 e. The molecule has 0 atom stereocenters. The summed E-state index contributed by atoms with van der Waals surface area (Å²) in [6, 6.07) is 5.52. The Bertz CT molecular complexity index is 363. The zero-order valence-electron chi connectivity index (χ0n) is 6.32. The molecule has 1 aromatic carbocycles. The molecule has 0 aromatic heterocycles. The summed E-state index contributed by atoms with van der Waals surface area (Å²) in [5.74, 6) is 0. The third-order valence-electron chi connectivity index (χ3n) is 1.11. The van der Waals surface area contributed by atoms with E-state index in [2.05, 4.69) is 0 Å². The second-order valence-corrected chi connectivity index (χ2v) is 3.64. The van der Waals surface area contributed by atoms with Gasteiger partial charge in [-0.25, -0.2) is 8.42 Å². The van der Waals surface area contributed by atoms with Gasteiger partial charge in [0.1, 0.15) is 10.1 Å². The van der Waals surface area contributed by atoms with Gasteiger partial charge in [-0.3, -0.25) is 0 Å². The second kappa shape index (κ2) is 4.31. The van der Waals surface area contributed by atoms with Gasteiger partial charge in [-0.15, -0.1) is 0 Å².